The van der Waals surface area contributed by atoms with Crippen LogP contribution in [-0.2, 0) is 19.1 Å². The van der Waals surface area contributed by atoms with E-state index in [0.717, 1.165) is 37.7 Å². The molecular formula is C61H100O8. The Kier molecular flexibility index (Phi) is 35.4. The maximum Gasteiger partial charge on any atom is 0.330 e. The van der Waals surface area contributed by atoms with Crippen LogP contribution < -0.4 is 14.2 Å². The molecule has 0 radical (unpaired) electrons. The first-order valence-electron chi connectivity index (χ1n) is 28.8. The molecule has 8 heteroatoms. The minimum absolute atomic E-state index is 0.0121. The lowest BCUT2D eigenvalue weighted by molar-refractivity contribution is -0.148. The van der Waals surface area contributed by atoms with E-state index in [9.17, 15) is 14.7 Å². The van der Waals surface area contributed by atoms with Crippen LogP contribution in [0.5, 0.6) is 23.0 Å². The smallest absolute Gasteiger partial charge is 0.330 e. The van der Waals surface area contributed by atoms with E-state index in [1.165, 1.54) is 219 Å². The first-order chi connectivity index (χ1) is 33.9. The second kappa shape index (κ2) is 41.0. The number of carbonyl (C=O) groups excluding carboxylic acids is 2. The van der Waals surface area contributed by atoms with Crippen LogP contribution in [0.15, 0.2) is 42.5 Å². The van der Waals surface area contributed by atoms with Crippen LogP contribution in [0, 0.1) is 0 Å². The molecule has 0 amide bonds. The third kappa shape index (κ3) is 29.3. The van der Waals surface area contributed by atoms with E-state index in [2.05, 4.69) is 13.8 Å². The van der Waals surface area contributed by atoms with Gasteiger partial charge in [-0.25, -0.2) is 4.79 Å². The first-order valence-corrected chi connectivity index (χ1v) is 28.8. The Morgan fingerprint density at radius 3 is 1.43 bits per heavy atom. The van der Waals surface area contributed by atoms with Gasteiger partial charge in [0.25, 0.3) is 0 Å². The number of esters is 2. The highest BCUT2D eigenvalue weighted by atomic mass is 16.6. The molecule has 0 aliphatic carbocycles. The number of hydrogen-bond acceptors (Lipinski definition) is 8. The SMILES string of the molecule is CCCCCCCCCCCCCCCCCCCCCC(=O)OCC1Oc2ccc(C=CC(=O)OCCCCCCCCCCCCCCCCCCCC)cc2OC1c1ccc(O)c(OC)c1. The lowest BCUT2D eigenvalue weighted by Gasteiger charge is -2.34. The van der Waals surface area contributed by atoms with E-state index in [0.29, 0.717) is 35.8 Å². The van der Waals surface area contributed by atoms with Crippen LogP contribution in [0.25, 0.3) is 6.08 Å². The maximum atomic E-state index is 12.9. The Morgan fingerprint density at radius 1 is 0.522 bits per heavy atom. The number of rotatable bonds is 45. The molecule has 0 saturated carbocycles. The van der Waals surface area contributed by atoms with Gasteiger partial charge in [0.2, 0.25) is 0 Å². The van der Waals surface area contributed by atoms with Crippen molar-refractivity contribution >= 4 is 18.0 Å². The number of methoxy groups -OCH3 is 1. The van der Waals surface area contributed by atoms with E-state index in [-0.39, 0.29) is 24.3 Å². The molecular weight excluding hydrogens is 861 g/mol. The van der Waals surface area contributed by atoms with Gasteiger partial charge in [-0.3, -0.25) is 4.79 Å². The van der Waals surface area contributed by atoms with Crippen molar-refractivity contribution in [3.8, 4) is 23.0 Å². The summed E-state index contributed by atoms with van der Waals surface area (Å²) in [5.74, 6) is 0.727. The molecule has 69 heavy (non-hydrogen) atoms. The Balaban J connectivity index is 1.28. The molecule has 1 aliphatic rings. The van der Waals surface area contributed by atoms with Gasteiger partial charge >= 0.3 is 11.9 Å². The van der Waals surface area contributed by atoms with Gasteiger partial charge in [0, 0.05) is 18.1 Å². The van der Waals surface area contributed by atoms with E-state index in [1.54, 1.807) is 30.3 Å². The Hall–Kier alpha value is -3.68. The summed E-state index contributed by atoms with van der Waals surface area (Å²) in [6, 6.07) is 10.5. The standard InChI is InChI=1S/C61H100O8/c1-4-6-8-10-12-14-16-18-20-22-24-25-27-29-31-33-35-37-39-41-59(63)67-51-58-61(53-44-45-54(62)56(50-53)65-3)69-57-49-52(42-46-55(57)68-58)43-47-60(64)66-48-40-38-36-34-32-30-28-26-23-21-19-17-15-13-11-9-7-5-2/h42-47,49-50,58,61-62H,4-41,48,51H2,1-3H3. The summed E-state index contributed by atoms with van der Waals surface area (Å²) in [4.78, 5) is 25.4. The lowest BCUT2D eigenvalue weighted by atomic mass is 10.0. The molecule has 0 spiro atoms. The van der Waals surface area contributed by atoms with Crippen LogP contribution >= 0.6 is 0 Å². The largest absolute Gasteiger partial charge is 0.504 e. The minimum Gasteiger partial charge on any atom is -0.504 e. The zero-order valence-electron chi connectivity index (χ0n) is 44.4. The molecule has 2 atom stereocenters. The number of carbonyl (C=O) groups is 2. The highest BCUT2D eigenvalue weighted by Crippen LogP contribution is 2.42. The van der Waals surface area contributed by atoms with Crippen molar-refractivity contribution in [2.75, 3.05) is 20.3 Å². The molecule has 8 nitrogen and oxygen atoms in total. The number of phenols is 1. The number of hydrogen-bond donors (Lipinski definition) is 1. The van der Waals surface area contributed by atoms with Crippen molar-refractivity contribution in [3.05, 3.63) is 53.6 Å². The molecule has 0 aromatic heterocycles. The molecule has 392 valence electrons. The summed E-state index contributed by atoms with van der Waals surface area (Å²) >= 11 is 0. The zero-order chi connectivity index (χ0) is 49.3. The van der Waals surface area contributed by atoms with Gasteiger partial charge in [0.05, 0.1) is 13.7 Å². The summed E-state index contributed by atoms with van der Waals surface area (Å²) < 4.78 is 29.6. The summed E-state index contributed by atoms with van der Waals surface area (Å²) in [6.45, 7) is 5.00. The number of fused-ring (bicyclic) bond motifs is 1. The van der Waals surface area contributed by atoms with Gasteiger partial charge in [-0.05, 0) is 48.7 Å². The fraction of sp³-hybridized carbons (Fsp3) is 0.738. The highest BCUT2D eigenvalue weighted by Gasteiger charge is 2.35. The van der Waals surface area contributed by atoms with Crippen molar-refractivity contribution in [2.24, 2.45) is 0 Å². The molecule has 0 bridgehead atoms. The summed E-state index contributed by atoms with van der Waals surface area (Å²) in [6.07, 6.45) is 51.0. The predicted molar refractivity (Wildman–Crippen MR) is 287 cm³/mol. The number of unbranched alkanes of at least 4 members (excludes halogenated alkanes) is 35. The number of benzene rings is 2. The van der Waals surface area contributed by atoms with Crippen LogP contribution in [0.4, 0.5) is 0 Å². The Labute approximate surface area is 421 Å². The molecule has 3 rings (SSSR count). The molecule has 0 saturated heterocycles. The fourth-order valence-corrected chi connectivity index (χ4v) is 9.51. The highest BCUT2D eigenvalue weighted by molar-refractivity contribution is 5.87. The van der Waals surface area contributed by atoms with Gasteiger partial charge in [0.15, 0.2) is 35.2 Å². The Morgan fingerprint density at radius 2 is 0.971 bits per heavy atom. The third-order valence-electron chi connectivity index (χ3n) is 13.9. The summed E-state index contributed by atoms with van der Waals surface area (Å²) in [5.41, 5.74) is 1.47. The van der Waals surface area contributed by atoms with Crippen molar-refractivity contribution in [2.45, 2.75) is 270 Å². The minimum atomic E-state index is -0.645. The number of phenolic OH excluding ortho intramolecular Hbond substituents is 1. The molecule has 2 aromatic rings. The van der Waals surface area contributed by atoms with Crippen molar-refractivity contribution in [1.82, 2.24) is 0 Å². The average molecular weight is 961 g/mol. The average Bonchev–Trinajstić information content (AvgIpc) is 3.36. The van der Waals surface area contributed by atoms with Crippen LogP contribution in [0.1, 0.15) is 275 Å². The van der Waals surface area contributed by atoms with Gasteiger partial charge < -0.3 is 28.8 Å². The zero-order valence-corrected chi connectivity index (χ0v) is 44.4. The fourth-order valence-electron chi connectivity index (χ4n) is 9.51. The van der Waals surface area contributed by atoms with Gasteiger partial charge in [-0.1, -0.05) is 251 Å². The molecule has 1 N–H and O–H groups in total. The molecule has 2 aromatic carbocycles. The second-order valence-corrected chi connectivity index (χ2v) is 20.1. The summed E-state index contributed by atoms with van der Waals surface area (Å²) in [5, 5.41) is 10.3. The van der Waals surface area contributed by atoms with E-state index in [4.69, 9.17) is 23.7 Å². The topological polar surface area (TPSA) is 101 Å². The van der Waals surface area contributed by atoms with E-state index in [1.807, 2.05) is 12.1 Å². The third-order valence-corrected chi connectivity index (χ3v) is 13.9. The van der Waals surface area contributed by atoms with Gasteiger partial charge in [-0.15, -0.1) is 0 Å². The number of ether oxygens (including phenoxy) is 5. The van der Waals surface area contributed by atoms with Crippen molar-refractivity contribution < 1.29 is 38.4 Å². The molecule has 0 fully saturated rings. The lowest BCUT2D eigenvalue weighted by Crippen LogP contribution is -2.37. The second-order valence-electron chi connectivity index (χ2n) is 20.1. The monoisotopic (exact) mass is 961 g/mol. The normalized spacial score (nSPS) is 14.4. The van der Waals surface area contributed by atoms with Crippen molar-refractivity contribution in [1.29, 1.82) is 0 Å². The maximum absolute atomic E-state index is 12.9. The van der Waals surface area contributed by atoms with Crippen molar-refractivity contribution in [3.63, 3.8) is 0 Å². The van der Waals surface area contributed by atoms with Crippen LogP contribution in [0.2, 0.25) is 0 Å². The van der Waals surface area contributed by atoms with E-state index >= 15 is 0 Å². The Bertz CT molecular complexity index is 1600. The van der Waals surface area contributed by atoms with Crippen LogP contribution in [-0.4, -0.2) is 43.5 Å². The quantitative estimate of drug-likeness (QED) is 0.0398. The first kappa shape index (κ1) is 59.6. The number of aromatic hydroxyl groups is 1. The van der Waals surface area contributed by atoms with Gasteiger partial charge in [-0.2, -0.15) is 0 Å². The molecule has 2 unspecified atom stereocenters. The summed E-state index contributed by atoms with van der Waals surface area (Å²) in [7, 11) is 1.50. The molecule has 1 aliphatic heterocycles. The van der Waals surface area contributed by atoms with Crippen LogP contribution in [0.3, 0.4) is 0 Å². The molecule has 1 heterocycles. The predicted octanol–water partition coefficient (Wildman–Crippen LogP) is 18.2. The van der Waals surface area contributed by atoms with E-state index < -0.39 is 12.2 Å². The van der Waals surface area contributed by atoms with Gasteiger partial charge in [0.1, 0.15) is 6.61 Å².